The Balaban J connectivity index is 1.16. The van der Waals surface area contributed by atoms with Crippen LogP contribution in [0.3, 0.4) is 0 Å². The Morgan fingerprint density at radius 1 is 0.975 bits per heavy atom. The molecule has 0 bridgehead atoms. The van der Waals surface area contributed by atoms with Crippen molar-refractivity contribution < 1.29 is 19.2 Å². The summed E-state index contributed by atoms with van der Waals surface area (Å²) < 4.78 is 11.1. The Labute approximate surface area is 240 Å². The fraction of sp³-hybridized carbons (Fsp3) is 0.735. The first kappa shape index (κ1) is 29.1. The quantitative estimate of drug-likeness (QED) is 0.0722. The number of allylic oxidation sites excluding steroid dienone is 1. The van der Waals surface area contributed by atoms with Crippen molar-refractivity contribution >= 4 is 11.8 Å². The molecule has 4 aliphatic rings. The van der Waals surface area contributed by atoms with Crippen molar-refractivity contribution in [3.8, 4) is 5.75 Å². The molecule has 1 unspecified atom stereocenters. The SMILES string of the molecule is CCCCCCCCC1CC[C@H]2[C@@H]3CC=C4C[C@@H](OC(=O)Oc5ccc([N+](=O)[O-])cc5)CC[C@]4(C)[C@H]3CC[C@]12C. The molecule has 4 aliphatic carbocycles. The zero-order valence-corrected chi connectivity index (χ0v) is 24.9. The summed E-state index contributed by atoms with van der Waals surface area (Å²) in [5.74, 6) is 3.57. The normalized spacial score (nSPS) is 34.7. The first-order valence-electron chi connectivity index (χ1n) is 16.1. The van der Waals surface area contributed by atoms with Gasteiger partial charge in [-0.15, -0.1) is 0 Å². The van der Waals surface area contributed by atoms with Crippen molar-refractivity contribution in [2.75, 3.05) is 0 Å². The third-order valence-corrected chi connectivity index (χ3v) is 11.7. The molecule has 1 aromatic rings. The Kier molecular flexibility index (Phi) is 8.92. The summed E-state index contributed by atoms with van der Waals surface area (Å²) >= 11 is 0. The maximum Gasteiger partial charge on any atom is 0.514 e. The zero-order valence-electron chi connectivity index (χ0n) is 24.9. The van der Waals surface area contributed by atoms with E-state index in [1.807, 2.05) is 0 Å². The molecular weight excluding hydrogens is 502 g/mol. The number of carbonyl (C=O) groups is 1. The predicted octanol–water partition coefficient (Wildman–Crippen LogP) is 9.81. The van der Waals surface area contributed by atoms with Gasteiger partial charge in [-0.05, 0) is 98.0 Å². The molecule has 220 valence electrons. The highest BCUT2D eigenvalue weighted by atomic mass is 16.7. The van der Waals surface area contributed by atoms with Gasteiger partial charge in [0.15, 0.2) is 0 Å². The van der Waals surface area contributed by atoms with Crippen LogP contribution in [0, 0.1) is 44.6 Å². The van der Waals surface area contributed by atoms with E-state index in [2.05, 4.69) is 26.8 Å². The Morgan fingerprint density at radius 2 is 1.73 bits per heavy atom. The van der Waals surface area contributed by atoms with E-state index < -0.39 is 11.1 Å². The first-order chi connectivity index (χ1) is 19.2. The van der Waals surface area contributed by atoms with Gasteiger partial charge in [0.25, 0.3) is 5.69 Å². The van der Waals surface area contributed by atoms with Crippen LogP contribution in [0.15, 0.2) is 35.9 Å². The topological polar surface area (TPSA) is 78.7 Å². The van der Waals surface area contributed by atoms with E-state index in [4.69, 9.17) is 9.47 Å². The molecule has 40 heavy (non-hydrogen) atoms. The molecule has 0 aromatic heterocycles. The second kappa shape index (κ2) is 12.2. The third-order valence-electron chi connectivity index (χ3n) is 11.7. The van der Waals surface area contributed by atoms with E-state index in [9.17, 15) is 14.9 Å². The van der Waals surface area contributed by atoms with Crippen molar-refractivity contribution in [1.29, 1.82) is 0 Å². The minimum atomic E-state index is -0.729. The van der Waals surface area contributed by atoms with Crippen LogP contribution in [0.4, 0.5) is 10.5 Å². The highest BCUT2D eigenvalue weighted by Gasteiger charge is 2.58. The van der Waals surface area contributed by atoms with Crippen LogP contribution in [0.5, 0.6) is 5.75 Å². The maximum atomic E-state index is 12.5. The van der Waals surface area contributed by atoms with Gasteiger partial charge in [0.05, 0.1) is 4.92 Å². The van der Waals surface area contributed by atoms with Crippen LogP contribution in [-0.2, 0) is 4.74 Å². The van der Waals surface area contributed by atoms with Crippen molar-refractivity contribution in [2.24, 2.45) is 34.5 Å². The van der Waals surface area contributed by atoms with Crippen LogP contribution in [-0.4, -0.2) is 17.2 Å². The summed E-state index contributed by atoms with van der Waals surface area (Å²) in [5, 5.41) is 10.9. The summed E-state index contributed by atoms with van der Waals surface area (Å²) in [5.41, 5.74) is 2.18. The summed E-state index contributed by atoms with van der Waals surface area (Å²) in [6, 6.07) is 5.51. The molecule has 0 aliphatic heterocycles. The molecule has 0 amide bonds. The molecule has 7 atom stereocenters. The second-order valence-electron chi connectivity index (χ2n) is 13.7. The number of nitro benzene ring substituents is 1. The van der Waals surface area contributed by atoms with Crippen molar-refractivity contribution in [1.82, 2.24) is 0 Å². The number of hydrogen-bond acceptors (Lipinski definition) is 5. The van der Waals surface area contributed by atoms with E-state index >= 15 is 0 Å². The average Bonchev–Trinajstić information content (AvgIpc) is 3.27. The molecule has 0 heterocycles. The molecule has 3 fully saturated rings. The highest BCUT2D eigenvalue weighted by molar-refractivity contribution is 5.64. The lowest BCUT2D eigenvalue weighted by atomic mass is 9.47. The van der Waals surface area contributed by atoms with Gasteiger partial charge in [-0.1, -0.05) is 70.9 Å². The molecule has 0 spiro atoms. The Bertz CT molecular complexity index is 1080. The zero-order chi connectivity index (χ0) is 28.3. The molecule has 0 N–H and O–H groups in total. The predicted molar refractivity (Wildman–Crippen MR) is 157 cm³/mol. The first-order valence-corrected chi connectivity index (χ1v) is 16.1. The Morgan fingerprint density at radius 3 is 2.48 bits per heavy atom. The summed E-state index contributed by atoms with van der Waals surface area (Å²) in [7, 11) is 0. The van der Waals surface area contributed by atoms with Crippen LogP contribution in [0.25, 0.3) is 0 Å². The second-order valence-corrected chi connectivity index (χ2v) is 13.7. The molecule has 6 nitrogen and oxygen atoms in total. The molecular formula is C34H49NO5. The number of non-ortho nitro benzene ring substituents is 1. The molecule has 0 saturated heterocycles. The minimum absolute atomic E-state index is 0.0382. The summed E-state index contributed by atoms with van der Waals surface area (Å²) in [6.45, 7) is 7.43. The van der Waals surface area contributed by atoms with Crippen molar-refractivity contribution in [3.63, 3.8) is 0 Å². The van der Waals surface area contributed by atoms with E-state index in [-0.39, 0.29) is 23.0 Å². The number of ether oxygens (including phenoxy) is 2. The van der Waals surface area contributed by atoms with Gasteiger partial charge in [0.1, 0.15) is 11.9 Å². The van der Waals surface area contributed by atoms with Crippen molar-refractivity contribution in [3.05, 3.63) is 46.0 Å². The standard InChI is InChI=1S/C34H49NO5/c1-4-5-6-7-8-9-10-24-12-18-30-29-17-11-25-23-28(19-21-34(25,3)31(29)20-22-33(24,30)2)40-32(36)39-27-15-13-26(14-16-27)35(37)38/h11,13-16,24,28-31H,4-10,12,17-23H2,1-3H3/t24?,28-,29-,30-,31-,33+,34-/m0/s1. The van der Waals surface area contributed by atoms with Crippen molar-refractivity contribution in [2.45, 2.75) is 123 Å². The number of fused-ring (bicyclic) bond motifs is 5. The monoisotopic (exact) mass is 551 g/mol. The van der Waals surface area contributed by atoms with Crippen LogP contribution in [0.1, 0.15) is 117 Å². The van der Waals surface area contributed by atoms with E-state index in [1.165, 1.54) is 107 Å². The Hall–Kier alpha value is -2.37. The van der Waals surface area contributed by atoms with Crippen LogP contribution in [0.2, 0.25) is 0 Å². The number of nitro groups is 1. The fourth-order valence-corrected chi connectivity index (χ4v) is 9.37. The summed E-state index contributed by atoms with van der Waals surface area (Å²) in [4.78, 5) is 22.9. The number of carbonyl (C=O) groups excluding carboxylic acids is 1. The lowest BCUT2D eigenvalue weighted by molar-refractivity contribution is -0.384. The average molecular weight is 552 g/mol. The number of unbranched alkanes of at least 4 members (excludes halogenated alkanes) is 5. The van der Waals surface area contributed by atoms with Gasteiger partial charge < -0.3 is 9.47 Å². The molecule has 3 saturated carbocycles. The summed E-state index contributed by atoms with van der Waals surface area (Å²) in [6.07, 6.45) is 20.9. The lowest BCUT2D eigenvalue weighted by Gasteiger charge is -2.58. The minimum Gasteiger partial charge on any atom is -0.430 e. The van der Waals surface area contributed by atoms with Gasteiger partial charge >= 0.3 is 6.16 Å². The van der Waals surface area contributed by atoms with Gasteiger partial charge in [0.2, 0.25) is 0 Å². The van der Waals surface area contributed by atoms with Gasteiger partial charge in [0, 0.05) is 18.6 Å². The highest BCUT2D eigenvalue weighted by Crippen LogP contribution is 2.66. The maximum absolute atomic E-state index is 12.5. The van der Waals surface area contributed by atoms with Crippen LogP contribution < -0.4 is 4.74 Å². The number of nitrogens with zero attached hydrogens (tertiary/aromatic N) is 1. The van der Waals surface area contributed by atoms with E-state index in [1.54, 1.807) is 0 Å². The van der Waals surface area contributed by atoms with Gasteiger partial charge in [-0.2, -0.15) is 0 Å². The van der Waals surface area contributed by atoms with E-state index in [0.717, 1.165) is 42.9 Å². The molecule has 0 radical (unpaired) electrons. The largest absolute Gasteiger partial charge is 0.514 e. The lowest BCUT2D eigenvalue weighted by Crippen LogP contribution is -2.50. The third kappa shape index (κ3) is 5.83. The molecule has 1 aromatic carbocycles. The molecule has 6 heteroatoms. The fourth-order valence-electron chi connectivity index (χ4n) is 9.37. The molecule has 5 rings (SSSR count). The number of hydrogen-bond donors (Lipinski definition) is 0. The number of benzene rings is 1. The van der Waals surface area contributed by atoms with E-state index in [0.29, 0.717) is 5.41 Å². The smallest absolute Gasteiger partial charge is 0.430 e. The van der Waals surface area contributed by atoms with Gasteiger partial charge in [-0.25, -0.2) is 4.79 Å². The van der Waals surface area contributed by atoms with Gasteiger partial charge in [-0.3, -0.25) is 10.1 Å². The van der Waals surface area contributed by atoms with Crippen LogP contribution >= 0.6 is 0 Å². The number of rotatable bonds is 10.